The van der Waals surface area contributed by atoms with E-state index in [0.29, 0.717) is 16.7 Å². The molecule has 0 amide bonds. The van der Waals surface area contributed by atoms with E-state index in [1.165, 1.54) is 5.56 Å². The van der Waals surface area contributed by atoms with Crippen LogP contribution in [0.3, 0.4) is 0 Å². The van der Waals surface area contributed by atoms with Crippen LogP contribution in [0.4, 0.5) is 0 Å². The predicted molar refractivity (Wildman–Crippen MR) is 86.3 cm³/mol. The highest BCUT2D eigenvalue weighted by Gasteiger charge is 2.17. The fourth-order valence-electron chi connectivity index (χ4n) is 2.38. The fraction of sp³-hybridized carbons (Fsp3) is 0.529. The number of hydrogen-bond donors (Lipinski definition) is 0. The first-order valence-electron chi connectivity index (χ1n) is 7.24. The third kappa shape index (κ3) is 4.45. The van der Waals surface area contributed by atoms with Gasteiger partial charge in [-0.3, -0.25) is 0 Å². The van der Waals surface area contributed by atoms with Crippen LogP contribution >= 0.6 is 11.6 Å². The van der Waals surface area contributed by atoms with Crippen molar-refractivity contribution in [3.8, 4) is 11.5 Å². The Morgan fingerprint density at radius 1 is 1.10 bits per heavy atom. The van der Waals surface area contributed by atoms with Gasteiger partial charge in [-0.2, -0.15) is 0 Å². The minimum atomic E-state index is 0.434. The van der Waals surface area contributed by atoms with Crippen LogP contribution in [0.2, 0.25) is 5.02 Å². The van der Waals surface area contributed by atoms with Gasteiger partial charge in [0.2, 0.25) is 0 Å². The Kier molecular flexibility index (Phi) is 7.53. The monoisotopic (exact) mass is 296 g/mol. The van der Waals surface area contributed by atoms with Gasteiger partial charge in [0, 0.05) is 11.6 Å². The molecule has 0 saturated heterocycles. The van der Waals surface area contributed by atoms with Crippen molar-refractivity contribution in [1.29, 1.82) is 0 Å². The van der Waals surface area contributed by atoms with Crippen LogP contribution in [-0.4, -0.2) is 14.2 Å². The summed E-state index contributed by atoms with van der Waals surface area (Å²) >= 11 is 6.17. The SMILES string of the molecule is CC/C=C\CC(CCC)c1cc(OC)c(Cl)cc1OC. The van der Waals surface area contributed by atoms with Crippen molar-refractivity contribution >= 4 is 11.6 Å². The van der Waals surface area contributed by atoms with Crippen molar-refractivity contribution in [1.82, 2.24) is 0 Å². The molecule has 1 aromatic carbocycles. The van der Waals surface area contributed by atoms with E-state index in [2.05, 4.69) is 26.0 Å². The zero-order chi connectivity index (χ0) is 15.0. The highest BCUT2D eigenvalue weighted by atomic mass is 35.5. The van der Waals surface area contributed by atoms with Crippen LogP contribution in [0, 0.1) is 0 Å². The largest absolute Gasteiger partial charge is 0.496 e. The summed E-state index contributed by atoms with van der Waals surface area (Å²) in [7, 11) is 3.33. The van der Waals surface area contributed by atoms with Gasteiger partial charge in [0.05, 0.1) is 19.2 Å². The highest BCUT2D eigenvalue weighted by Crippen LogP contribution is 2.39. The Morgan fingerprint density at radius 2 is 1.80 bits per heavy atom. The maximum Gasteiger partial charge on any atom is 0.138 e. The van der Waals surface area contributed by atoms with Gasteiger partial charge in [-0.15, -0.1) is 0 Å². The van der Waals surface area contributed by atoms with Gasteiger partial charge in [0.25, 0.3) is 0 Å². The number of ether oxygens (including phenoxy) is 2. The average molecular weight is 297 g/mol. The van der Waals surface area contributed by atoms with Gasteiger partial charge in [0.15, 0.2) is 0 Å². The first-order valence-corrected chi connectivity index (χ1v) is 7.62. The lowest BCUT2D eigenvalue weighted by atomic mass is 9.90. The first kappa shape index (κ1) is 16.9. The zero-order valence-corrected chi connectivity index (χ0v) is 13.7. The number of methoxy groups -OCH3 is 2. The second-order valence-electron chi connectivity index (χ2n) is 4.83. The molecule has 1 aromatic rings. The minimum Gasteiger partial charge on any atom is -0.496 e. The predicted octanol–water partition coefficient (Wildman–Crippen LogP) is 5.60. The van der Waals surface area contributed by atoms with Gasteiger partial charge < -0.3 is 9.47 Å². The smallest absolute Gasteiger partial charge is 0.138 e. The molecule has 0 aromatic heterocycles. The van der Waals surface area contributed by atoms with Crippen molar-refractivity contribution in [2.45, 2.75) is 45.4 Å². The van der Waals surface area contributed by atoms with Crippen molar-refractivity contribution in [2.24, 2.45) is 0 Å². The molecule has 0 fully saturated rings. The Morgan fingerprint density at radius 3 is 2.35 bits per heavy atom. The van der Waals surface area contributed by atoms with Crippen LogP contribution in [-0.2, 0) is 0 Å². The Labute approximate surface area is 127 Å². The van der Waals surface area contributed by atoms with E-state index in [1.54, 1.807) is 14.2 Å². The summed E-state index contributed by atoms with van der Waals surface area (Å²) < 4.78 is 10.8. The van der Waals surface area contributed by atoms with E-state index in [-0.39, 0.29) is 0 Å². The number of rotatable bonds is 8. The number of allylic oxidation sites excluding steroid dienone is 2. The lowest BCUT2D eigenvalue weighted by Crippen LogP contribution is -2.02. The van der Waals surface area contributed by atoms with Gasteiger partial charge >= 0.3 is 0 Å². The Bertz CT molecular complexity index is 441. The third-order valence-corrected chi connectivity index (χ3v) is 3.70. The van der Waals surface area contributed by atoms with Crippen molar-refractivity contribution in [3.63, 3.8) is 0 Å². The van der Waals surface area contributed by atoms with E-state index < -0.39 is 0 Å². The van der Waals surface area contributed by atoms with Gasteiger partial charge in [-0.05, 0) is 31.2 Å². The van der Waals surface area contributed by atoms with Crippen LogP contribution in [0.5, 0.6) is 11.5 Å². The number of benzene rings is 1. The van der Waals surface area contributed by atoms with Gasteiger partial charge in [-0.1, -0.05) is 44.0 Å². The van der Waals surface area contributed by atoms with E-state index in [1.807, 2.05) is 12.1 Å². The molecule has 1 atom stereocenters. The molecule has 3 heteroatoms. The topological polar surface area (TPSA) is 18.5 Å². The lowest BCUT2D eigenvalue weighted by Gasteiger charge is -2.19. The zero-order valence-electron chi connectivity index (χ0n) is 12.9. The molecule has 20 heavy (non-hydrogen) atoms. The van der Waals surface area contributed by atoms with Crippen LogP contribution in [0.25, 0.3) is 0 Å². The maximum absolute atomic E-state index is 6.17. The molecule has 0 heterocycles. The van der Waals surface area contributed by atoms with E-state index >= 15 is 0 Å². The van der Waals surface area contributed by atoms with Crippen LogP contribution in [0.1, 0.15) is 51.0 Å². The molecule has 0 bridgehead atoms. The highest BCUT2D eigenvalue weighted by molar-refractivity contribution is 6.32. The summed E-state index contributed by atoms with van der Waals surface area (Å²) in [4.78, 5) is 0. The lowest BCUT2D eigenvalue weighted by molar-refractivity contribution is 0.393. The van der Waals surface area contributed by atoms with Gasteiger partial charge in [-0.25, -0.2) is 0 Å². The second-order valence-corrected chi connectivity index (χ2v) is 5.24. The van der Waals surface area contributed by atoms with Crippen molar-refractivity contribution in [2.75, 3.05) is 14.2 Å². The van der Waals surface area contributed by atoms with E-state index in [0.717, 1.165) is 31.4 Å². The summed E-state index contributed by atoms with van der Waals surface area (Å²) in [5, 5.41) is 0.590. The molecule has 0 N–H and O–H groups in total. The molecule has 0 aliphatic heterocycles. The molecular weight excluding hydrogens is 272 g/mol. The molecule has 0 spiro atoms. The van der Waals surface area contributed by atoms with Crippen molar-refractivity contribution in [3.05, 3.63) is 34.9 Å². The first-order chi connectivity index (χ1) is 9.67. The fourth-order valence-corrected chi connectivity index (χ4v) is 2.61. The minimum absolute atomic E-state index is 0.434. The summed E-state index contributed by atoms with van der Waals surface area (Å²) in [5.74, 6) is 1.99. The molecule has 0 aliphatic carbocycles. The number of halogens is 1. The summed E-state index contributed by atoms with van der Waals surface area (Å²) in [5.41, 5.74) is 1.18. The van der Waals surface area contributed by atoms with Gasteiger partial charge in [0.1, 0.15) is 11.5 Å². The molecule has 0 aliphatic rings. The normalized spacial score (nSPS) is 12.7. The molecular formula is C17H25ClO2. The summed E-state index contributed by atoms with van der Waals surface area (Å²) in [6.45, 7) is 4.35. The molecule has 1 unspecified atom stereocenters. The number of hydrogen-bond acceptors (Lipinski definition) is 2. The van der Waals surface area contributed by atoms with Crippen LogP contribution < -0.4 is 9.47 Å². The molecule has 112 valence electrons. The molecule has 0 radical (unpaired) electrons. The van der Waals surface area contributed by atoms with E-state index in [9.17, 15) is 0 Å². The summed E-state index contributed by atoms with van der Waals surface area (Å²) in [6, 6.07) is 3.86. The molecule has 1 rings (SSSR count). The average Bonchev–Trinajstić information content (AvgIpc) is 2.46. The summed E-state index contributed by atoms with van der Waals surface area (Å²) in [6.07, 6.45) is 8.81. The van der Waals surface area contributed by atoms with Crippen LogP contribution in [0.15, 0.2) is 24.3 Å². The second kappa shape index (κ2) is 8.91. The molecule has 2 nitrogen and oxygen atoms in total. The Hall–Kier alpha value is -1.15. The quantitative estimate of drug-likeness (QED) is 0.582. The Balaban J connectivity index is 3.12. The third-order valence-electron chi connectivity index (χ3n) is 3.40. The van der Waals surface area contributed by atoms with E-state index in [4.69, 9.17) is 21.1 Å². The standard InChI is InChI=1S/C17H25ClO2/c1-5-7-8-10-13(9-6-2)14-11-17(20-4)15(18)12-16(14)19-3/h7-8,11-13H,5-6,9-10H2,1-4H3/b8-7-. The van der Waals surface area contributed by atoms with Crippen molar-refractivity contribution < 1.29 is 9.47 Å². The maximum atomic E-state index is 6.17. The molecule has 0 saturated carbocycles.